The van der Waals surface area contributed by atoms with Gasteiger partial charge in [-0.2, -0.15) is 0 Å². The lowest BCUT2D eigenvalue weighted by atomic mass is 10.3. The van der Waals surface area contributed by atoms with E-state index in [1.54, 1.807) is 6.92 Å². The number of nitrogens with two attached hydrogens (primary N) is 2. The van der Waals surface area contributed by atoms with Crippen LogP contribution >= 0.6 is 11.6 Å². The van der Waals surface area contributed by atoms with Crippen molar-refractivity contribution < 1.29 is 24.4 Å². The molecule has 2 saturated heterocycles. The fraction of sp³-hybridized carbons (Fsp3) is 0.500. The highest BCUT2D eigenvalue weighted by Gasteiger charge is 2.25. The van der Waals surface area contributed by atoms with Crippen molar-refractivity contribution in [2.24, 2.45) is 0 Å². The van der Waals surface area contributed by atoms with E-state index in [1.807, 2.05) is 4.90 Å². The Balaban J connectivity index is 0.000000279. The van der Waals surface area contributed by atoms with Crippen molar-refractivity contribution >= 4 is 40.2 Å². The minimum Gasteiger partial charge on any atom is -0.397 e. The van der Waals surface area contributed by atoms with Gasteiger partial charge in [-0.25, -0.2) is 9.97 Å². The van der Waals surface area contributed by atoms with Gasteiger partial charge in [-0.3, -0.25) is 20.2 Å². The lowest BCUT2D eigenvalue weighted by molar-refractivity contribution is -0.384. The largest absolute Gasteiger partial charge is 0.397 e. The summed E-state index contributed by atoms with van der Waals surface area (Å²) < 4.78 is 10.2. The number of nitro groups is 2. The SMILES string of the molecule is C1COCCN1.CCO.Nc1ccnc(Cl)c1[N+](=O)[O-].Nc1ccnc(N2CCOCC2)c1[N+](=O)[O-]. The lowest BCUT2D eigenvalue weighted by Crippen LogP contribution is -2.37. The Kier molecular flexibility index (Phi) is 14.6. The maximum atomic E-state index is 10.9. The predicted octanol–water partition coefficient (Wildman–Crippen LogP) is 1.24. The molecule has 0 amide bonds. The summed E-state index contributed by atoms with van der Waals surface area (Å²) in [6.07, 6.45) is 2.79. The molecule has 0 radical (unpaired) electrons. The van der Waals surface area contributed by atoms with E-state index in [0.29, 0.717) is 32.1 Å². The van der Waals surface area contributed by atoms with Gasteiger partial charge in [0.25, 0.3) is 0 Å². The first-order valence-corrected chi connectivity index (χ1v) is 11.3. The third-order valence-electron chi connectivity index (χ3n) is 4.37. The van der Waals surface area contributed by atoms with Gasteiger partial charge in [0, 0.05) is 45.2 Å². The molecule has 200 valence electrons. The molecule has 4 rings (SSSR count). The molecule has 2 aliphatic heterocycles. The number of nitrogen functional groups attached to an aromatic ring is 2. The first-order valence-electron chi connectivity index (χ1n) is 10.9. The Labute approximate surface area is 212 Å². The van der Waals surface area contributed by atoms with E-state index in [-0.39, 0.29) is 34.5 Å². The number of morpholine rings is 2. The van der Waals surface area contributed by atoms with Crippen LogP contribution in [0.4, 0.5) is 28.6 Å². The fourth-order valence-electron chi connectivity index (χ4n) is 2.79. The van der Waals surface area contributed by atoms with Crippen molar-refractivity contribution in [2.75, 3.05) is 75.6 Å². The molecule has 0 unspecified atom stereocenters. The van der Waals surface area contributed by atoms with Gasteiger partial charge in [-0.1, -0.05) is 11.6 Å². The minimum absolute atomic E-state index is 0.0231. The third-order valence-corrected chi connectivity index (χ3v) is 4.65. The molecule has 4 heterocycles. The molecule has 0 saturated carbocycles. The van der Waals surface area contributed by atoms with E-state index in [1.165, 1.54) is 24.5 Å². The Morgan fingerprint density at radius 3 is 1.86 bits per heavy atom. The van der Waals surface area contributed by atoms with E-state index in [4.69, 9.17) is 37.6 Å². The van der Waals surface area contributed by atoms with Crippen molar-refractivity contribution in [3.05, 3.63) is 49.9 Å². The summed E-state index contributed by atoms with van der Waals surface area (Å²) in [5.41, 5.74) is 10.5. The highest BCUT2D eigenvalue weighted by atomic mass is 35.5. The molecule has 0 aliphatic carbocycles. The summed E-state index contributed by atoms with van der Waals surface area (Å²) >= 11 is 5.39. The molecule has 2 fully saturated rings. The number of halogens is 1. The summed E-state index contributed by atoms with van der Waals surface area (Å²) in [4.78, 5) is 29.4. The van der Waals surface area contributed by atoms with E-state index < -0.39 is 9.85 Å². The number of hydrogen-bond acceptors (Lipinski definition) is 13. The van der Waals surface area contributed by atoms with Crippen molar-refractivity contribution in [3.8, 4) is 0 Å². The summed E-state index contributed by atoms with van der Waals surface area (Å²) in [5.74, 6) is 0.327. The molecule has 2 aromatic rings. The number of aromatic nitrogens is 2. The van der Waals surface area contributed by atoms with Crippen LogP contribution < -0.4 is 21.7 Å². The van der Waals surface area contributed by atoms with Gasteiger partial charge in [0.15, 0.2) is 0 Å². The monoisotopic (exact) mass is 530 g/mol. The first-order chi connectivity index (χ1) is 17.2. The molecule has 0 spiro atoms. The third kappa shape index (κ3) is 10.5. The summed E-state index contributed by atoms with van der Waals surface area (Å²) in [7, 11) is 0. The molecule has 15 nitrogen and oxygen atoms in total. The van der Waals surface area contributed by atoms with E-state index in [0.717, 1.165) is 26.3 Å². The maximum Gasteiger partial charge on any atom is 0.334 e. The average molecular weight is 531 g/mol. The summed E-state index contributed by atoms with van der Waals surface area (Å²) in [6.45, 7) is 8.05. The number of nitrogens with one attached hydrogen (secondary N) is 1. The van der Waals surface area contributed by atoms with Gasteiger partial charge in [0.05, 0.1) is 36.3 Å². The summed E-state index contributed by atoms with van der Waals surface area (Å²) in [5, 5.41) is 31.7. The van der Waals surface area contributed by atoms with Crippen LogP contribution in [0.1, 0.15) is 6.92 Å². The Hall–Kier alpha value is -3.37. The average Bonchev–Trinajstić information content (AvgIpc) is 2.86. The number of rotatable bonds is 3. The topological polar surface area (TPSA) is 218 Å². The molecular formula is C20H31ClN8O7. The number of aliphatic hydroxyl groups is 1. The van der Waals surface area contributed by atoms with Gasteiger partial charge in [0.2, 0.25) is 11.0 Å². The zero-order valence-corrected chi connectivity index (χ0v) is 20.6. The molecule has 2 aliphatic rings. The maximum absolute atomic E-state index is 10.9. The van der Waals surface area contributed by atoms with Crippen molar-refractivity contribution in [1.82, 2.24) is 15.3 Å². The first kappa shape index (κ1) is 30.7. The number of nitrogens with zero attached hydrogens (tertiary/aromatic N) is 5. The minimum atomic E-state index is -0.662. The highest BCUT2D eigenvalue weighted by molar-refractivity contribution is 6.31. The second-order valence-corrected chi connectivity index (χ2v) is 7.26. The molecule has 2 aromatic heterocycles. The number of hydrogen-bond donors (Lipinski definition) is 4. The van der Waals surface area contributed by atoms with Crippen LogP contribution in [-0.4, -0.2) is 84.1 Å². The van der Waals surface area contributed by atoms with Crippen LogP contribution in [0.3, 0.4) is 0 Å². The summed E-state index contributed by atoms with van der Waals surface area (Å²) in [6, 6.07) is 2.76. The highest BCUT2D eigenvalue weighted by Crippen LogP contribution is 2.31. The van der Waals surface area contributed by atoms with Crippen molar-refractivity contribution in [2.45, 2.75) is 6.92 Å². The molecule has 6 N–H and O–H groups in total. The molecule has 0 bridgehead atoms. The van der Waals surface area contributed by atoms with Crippen LogP contribution in [-0.2, 0) is 9.47 Å². The zero-order valence-electron chi connectivity index (χ0n) is 19.8. The predicted molar refractivity (Wildman–Crippen MR) is 135 cm³/mol. The smallest absolute Gasteiger partial charge is 0.334 e. The fourth-order valence-corrected chi connectivity index (χ4v) is 3.02. The van der Waals surface area contributed by atoms with Gasteiger partial charge in [-0.15, -0.1) is 0 Å². The normalized spacial score (nSPS) is 14.6. The van der Waals surface area contributed by atoms with E-state index >= 15 is 0 Å². The van der Waals surface area contributed by atoms with Crippen LogP contribution in [0.5, 0.6) is 0 Å². The van der Waals surface area contributed by atoms with Gasteiger partial charge in [-0.05, 0) is 19.1 Å². The van der Waals surface area contributed by atoms with Gasteiger partial charge in [0.1, 0.15) is 11.4 Å². The lowest BCUT2D eigenvalue weighted by Gasteiger charge is -2.27. The number of pyridine rings is 2. The molecule has 16 heteroatoms. The Morgan fingerprint density at radius 2 is 1.47 bits per heavy atom. The molecular weight excluding hydrogens is 500 g/mol. The van der Waals surface area contributed by atoms with Gasteiger partial charge >= 0.3 is 11.4 Å². The van der Waals surface area contributed by atoms with E-state index in [9.17, 15) is 20.2 Å². The molecule has 36 heavy (non-hydrogen) atoms. The van der Waals surface area contributed by atoms with Crippen LogP contribution in [0.25, 0.3) is 0 Å². The molecule has 0 atom stereocenters. The van der Waals surface area contributed by atoms with Crippen molar-refractivity contribution in [1.29, 1.82) is 0 Å². The Morgan fingerprint density at radius 1 is 1.00 bits per heavy atom. The quantitative estimate of drug-likeness (QED) is 0.249. The van der Waals surface area contributed by atoms with Crippen LogP contribution in [0.2, 0.25) is 5.15 Å². The van der Waals surface area contributed by atoms with Gasteiger partial charge < -0.3 is 36.3 Å². The van der Waals surface area contributed by atoms with Crippen LogP contribution in [0, 0.1) is 20.2 Å². The second kappa shape index (κ2) is 17.1. The second-order valence-electron chi connectivity index (χ2n) is 6.90. The number of ether oxygens (including phenoxy) is 2. The van der Waals surface area contributed by atoms with E-state index in [2.05, 4.69) is 15.3 Å². The van der Waals surface area contributed by atoms with Crippen LogP contribution in [0.15, 0.2) is 24.5 Å². The number of aliphatic hydroxyl groups excluding tert-OH is 1. The number of anilines is 3. The Bertz CT molecular complexity index is 928. The standard InChI is InChI=1S/C9H12N4O3.C5H4ClN3O2.C4H9NO.C2H6O/c10-7-1-2-11-9(8(7)13(14)15)12-3-5-16-6-4-12;6-5-4(9(10)11)3(7)1-2-8-5;1-3-6-4-2-5-1;1-2-3/h1-2H,3-6H2,(H2,10,11);1-2H,(H2,7,8);5H,1-4H2;3H,2H2,1H3. The molecule has 0 aromatic carbocycles. The van der Waals surface area contributed by atoms with Crippen molar-refractivity contribution in [3.63, 3.8) is 0 Å². The zero-order chi connectivity index (χ0) is 26.9.